The number of nitrogens with zero attached hydrogens (tertiary/aromatic N) is 3. The highest BCUT2D eigenvalue weighted by Crippen LogP contribution is 2.30. The second-order valence-corrected chi connectivity index (χ2v) is 8.26. The second kappa shape index (κ2) is 10.5. The number of carbonyl (C=O) groups excluding carboxylic acids is 1. The number of ether oxygens (including phenoxy) is 1. The average molecular weight is 478 g/mol. The Hall–Kier alpha value is -3.41. The largest absolute Gasteiger partial charge is 0.497 e. The maximum atomic E-state index is 12.8. The van der Waals surface area contributed by atoms with Crippen LogP contribution in [0.25, 0.3) is 23.4 Å². The first-order valence-electron chi connectivity index (χ1n) is 10.3. The Labute approximate surface area is 202 Å². The normalized spacial score (nSPS) is 11.1. The Morgan fingerprint density at radius 2 is 1.91 bits per heavy atom. The third kappa shape index (κ3) is 5.89. The molecule has 5 nitrogen and oxygen atoms in total. The predicted octanol–water partition coefficient (Wildman–Crippen LogP) is 6.24. The van der Waals surface area contributed by atoms with Gasteiger partial charge in [0.2, 0.25) is 0 Å². The lowest BCUT2D eigenvalue weighted by molar-refractivity contribution is -0.119. The topological polar surface area (TPSA) is 57.0 Å². The number of Topliss-reactive ketones (excluding diaryl/α,β-unsaturated/α-hetero) is 1. The molecule has 0 saturated carbocycles. The number of ketones is 1. The van der Waals surface area contributed by atoms with Gasteiger partial charge < -0.3 is 9.30 Å². The van der Waals surface area contributed by atoms with Crippen molar-refractivity contribution in [3.63, 3.8) is 0 Å². The van der Waals surface area contributed by atoms with Crippen LogP contribution < -0.4 is 4.74 Å². The van der Waals surface area contributed by atoms with Crippen molar-refractivity contribution in [2.75, 3.05) is 7.11 Å². The maximum Gasteiger partial charge on any atom is 0.156 e. The molecule has 0 N–H and O–H groups in total. The quantitative estimate of drug-likeness (QED) is 0.301. The van der Waals surface area contributed by atoms with Crippen LogP contribution in [0.2, 0.25) is 10.0 Å². The Morgan fingerprint density at radius 3 is 2.61 bits per heavy atom. The van der Waals surface area contributed by atoms with Crippen LogP contribution in [-0.2, 0) is 17.8 Å². The maximum absolute atomic E-state index is 12.8. The Bertz CT molecular complexity index is 1280. The van der Waals surface area contributed by atoms with Crippen LogP contribution in [0.15, 0.2) is 73.2 Å². The van der Waals surface area contributed by atoms with Gasteiger partial charge in [0.05, 0.1) is 24.4 Å². The molecule has 2 aromatic carbocycles. The molecular weight excluding hydrogens is 457 g/mol. The molecule has 0 amide bonds. The molecule has 0 fully saturated rings. The van der Waals surface area contributed by atoms with Crippen LogP contribution in [0.4, 0.5) is 0 Å². The standard InChI is InChI=1S/C26H21Cl2N3O2/c1-33-22-8-4-18(5-9-22)6-11-26-30-25(23-10-7-20(27)14-24(23)28)17-31(26)16-21(32)13-19-3-2-12-29-15-19/h2-12,14-15,17H,13,16H2,1H3/b11-6+. The van der Waals surface area contributed by atoms with Crippen LogP contribution in [0.1, 0.15) is 17.0 Å². The number of halogens is 2. The Kier molecular flexibility index (Phi) is 7.23. The summed E-state index contributed by atoms with van der Waals surface area (Å²) in [5, 5.41) is 1.05. The fourth-order valence-electron chi connectivity index (χ4n) is 3.38. The molecule has 0 radical (unpaired) electrons. The summed E-state index contributed by atoms with van der Waals surface area (Å²) in [4.78, 5) is 21.6. The van der Waals surface area contributed by atoms with Gasteiger partial charge in [-0.25, -0.2) is 4.98 Å². The van der Waals surface area contributed by atoms with Gasteiger partial charge in [0.25, 0.3) is 0 Å². The predicted molar refractivity (Wildman–Crippen MR) is 133 cm³/mol. The van der Waals surface area contributed by atoms with E-state index in [2.05, 4.69) is 4.98 Å². The zero-order chi connectivity index (χ0) is 23.2. The van der Waals surface area contributed by atoms with Gasteiger partial charge in [-0.1, -0.05) is 47.5 Å². The summed E-state index contributed by atoms with van der Waals surface area (Å²) < 4.78 is 7.04. The molecule has 2 heterocycles. The molecule has 0 unspecified atom stereocenters. The van der Waals surface area contributed by atoms with Crippen LogP contribution in [-0.4, -0.2) is 27.4 Å². The second-order valence-electron chi connectivity index (χ2n) is 7.42. The molecule has 4 aromatic rings. The van der Waals surface area contributed by atoms with Crippen LogP contribution in [0.5, 0.6) is 5.75 Å². The number of methoxy groups -OCH3 is 1. The molecule has 0 atom stereocenters. The zero-order valence-electron chi connectivity index (χ0n) is 17.9. The lowest BCUT2D eigenvalue weighted by Crippen LogP contribution is -2.13. The number of rotatable bonds is 8. The smallest absolute Gasteiger partial charge is 0.156 e. The van der Waals surface area contributed by atoms with Gasteiger partial charge >= 0.3 is 0 Å². The minimum Gasteiger partial charge on any atom is -0.497 e. The van der Waals surface area contributed by atoms with Gasteiger partial charge in [-0.2, -0.15) is 0 Å². The van der Waals surface area contributed by atoms with Gasteiger partial charge in [0.1, 0.15) is 11.6 Å². The molecule has 0 aliphatic carbocycles. The van der Waals surface area contributed by atoms with E-state index in [1.54, 1.807) is 31.6 Å². The average Bonchev–Trinajstić information content (AvgIpc) is 3.20. The van der Waals surface area contributed by atoms with Gasteiger partial charge in [0.15, 0.2) is 5.78 Å². The SMILES string of the molecule is COc1ccc(/C=C/c2nc(-c3ccc(Cl)cc3Cl)cn2CC(=O)Cc2cccnc2)cc1. The molecule has 0 bridgehead atoms. The molecule has 7 heteroatoms. The summed E-state index contributed by atoms with van der Waals surface area (Å²) in [6.07, 6.45) is 9.35. The number of benzene rings is 2. The lowest BCUT2D eigenvalue weighted by atomic mass is 10.1. The molecule has 33 heavy (non-hydrogen) atoms. The van der Waals surface area contributed by atoms with E-state index in [4.69, 9.17) is 32.9 Å². The number of imidazole rings is 1. The summed E-state index contributed by atoms with van der Waals surface area (Å²) in [6, 6.07) is 16.7. The summed E-state index contributed by atoms with van der Waals surface area (Å²) in [6.45, 7) is 0.176. The van der Waals surface area contributed by atoms with Gasteiger partial charge in [-0.3, -0.25) is 9.78 Å². The van der Waals surface area contributed by atoms with Crippen LogP contribution >= 0.6 is 23.2 Å². The van der Waals surface area contributed by atoms with Crippen molar-refractivity contribution < 1.29 is 9.53 Å². The highest BCUT2D eigenvalue weighted by molar-refractivity contribution is 6.36. The molecule has 2 aromatic heterocycles. The molecule has 4 rings (SSSR count). The molecular formula is C26H21Cl2N3O2. The molecule has 0 saturated heterocycles. The van der Waals surface area contributed by atoms with Crippen molar-refractivity contribution >= 4 is 41.1 Å². The van der Waals surface area contributed by atoms with Crippen LogP contribution in [0.3, 0.4) is 0 Å². The van der Waals surface area contributed by atoms with E-state index in [-0.39, 0.29) is 12.3 Å². The molecule has 0 aliphatic rings. The van der Waals surface area contributed by atoms with E-state index in [1.165, 1.54) is 0 Å². The number of hydrogen-bond acceptors (Lipinski definition) is 4. The third-order valence-corrected chi connectivity index (χ3v) is 5.57. The minimum atomic E-state index is 0.0493. The van der Waals surface area contributed by atoms with Gasteiger partial charge in [-0.05, 0) is 53.6 Å². The summed E-state index contributed by atoms with van der Waals surface area (Å²) in [5.74, 6) is 1.48. The van der Waals surface area contributed by atoms with Crippen molar-refractivity contribution in [1.82, 2.24) is 14.5 Å². The summed E-state index contributed by atoms with van der Waals surface area (Å²) in [5.41, 5.74) is 3.27. The van der Waals surface area contributed by atoms with E-state index in [0.717, 1.165) is 22.4 Å². The first-order valence-corrected chi connectivity index (χ1v) is 11.0. The Morgan fingerprint density at radius 1 is 1.09 bits per heavy atom. The van der Waals surface area contributed by atoms with Crippen molar-refractivity contribution in [2.45, 2.75) is 13.0 Å². The molecule has 166 valence electrons. The first-order chi connectivity index (χ1) is 16.0. The van der Waals surface area contributed by atoms with E-state index in [1.807, 2.05) is 65.4 Å². The monoisotopic (exact) mass is 477 g/mol. The van der Waals surface area contributed by atoms with E-state index in [0.29, 0.717) is 28.0 Å². The lowest BCUT2D eigenvalue weighted by Gasteiger charge is -2.05. The molecule has 0 spiro atoms. The summed E-state index contributed by atoms with van der Waals surface area (Å²) >= 11 is 12.4. The van der Waals surface area contributed by atoms with Crippen molar-refractivity contribution in [1.29, 1.82) is 0 Å². The van der Waals surface area contributed by atoms with E-state index >= 15 is 0 Å². The Balaban J connectivity index is 1.64. The molecule has 0 aliphatic heterocycles. The first kappa shape index (κ1) is 22.8. The van der Waals surface area contributed by atoms with Crippen LogP contribution in [0, 0.1) is 0 Å². The fraction of sp³-hybridized carbons (Fsp3) is 0.115. The highest BCUT2D eigenvalue weighted by Gasteiger charge is 2.14. The zero-order valence-corrected chi connectivity index (χ0v) is 19.4. The van der Waals surface area contributed by atoms with Crippen molar-refractivity contribution in [3.05, 3.63) is 100 Å². The number of carbonyl (C=O) groups is 1. The number of hydrogen-bond donors (Lipinski definition) is 0. The third-order valence-electron chi connectivity index (χ3n) is 5.03. The van der Waals surface area contributed by atoms with Crippen molar-refractivity contribution in [3.8, 4) is 17.0 Å². The van der Waals surface area contributed by atoms with Gasteiger partial charge in [-0.15, -0.1) is 0 Å². The van der Waals surface area contributed by atoms with E-state index in [9.17, 15) is 4.79 Å². The van der Waals surface area contributed by atoms with E-state index < -0.39 is 0 Å². The highest BCUT2D eigenvalue weighted by atomic mass is 35.5. The van der Waals surface area contributed by atoms with Gasteiger partial charge in [0, 0.05) is 35.6 Å². The summed E-state index contributed by atoms with van der Waals surface area (Å²) in [7, 11) is 1.63. The number of aromatic nitrogens is 3. The number of pyridine rings is 1. The van der Waals surface area contributed by atoms with Crippen molar-refractivity contribution in [2.24, 2.45) is 0 Å². The fourth-order valence-corrected chi connectivity index (χ4v) is 3.88. The minimum absolute atomic E-state index is 0.0493.